The second-order valence-electron chi connectivity index (χ2n) is 8.06. The summed E-state index contributed by atoms with van der Waals surface area (Å²) in [5, 5.41) is 3.82. The molecular formula is C20H25N5O3. The first-order chi connectivity index (χ1) is 13.4. The number of hydrogen-bond donors (Lipinski definition) is 0. The van der Waals surface area contributed by atoms with Crippen molar-refractivity contribution in [2.24, 2.45) is 5.41 Å². The van der Waals surface area contributed by atoms with Crippen LogP contribution in [0.1, 0.15) is 53.3 Å². The van der Waals surface area contributed by atoms with Crippen LogP contribution in [0, 0.1) is 19.3 Å². The highest BCUT2D eigenvalue weighted by atomic mass is 16.5. The third-order valence-corrected chi connectivity index (χ3v) is 5.72. The summed E-state index contributed by atoms with van der Waals surface area (Å²) in [5.74, 6) is 0.308. The smallest absolute Gasteiger partial charge is 0.292 e. The van der Waals surface area contributed by atoms with E-state index in [1.54, 1.807) is 25.4 Å². The molecule has 2 aliphatic heterocycles. The van der Waals surface area contributed by atoms with E-state index in [1.807, 2.05) is 16.7 Å². The molecule has 1 spiro atoms. The Bertz CT molecular complexity index is 878. The molecule has 0 unspecified atom stereocenters. The van der Waals surface area contributed by atoms with Crippen molar-refractivity contribution in [3.63, 3.8) is 0 Å². The van der Waals surface area contributed by atoms with Crippen LogP contribution in [0.5, 0.6) is 0 Å². The Morgan fingerprint density at radius 2 is 2.04 bits per heavy atom. The average Bonchev–Trinajstić information content (AvgIpc) is 3.13. The minimum atomic E-state index is -0.118. The van der Waals surface area contributed by atoms with Gasteiger partial charge in [-0.05, 0) is 33.1 Å². The molecule has 1 atom stereocenters. The molecule has 8 heteroatoms. The van der Waals surface area contributed by atoms with Gasteiger partial charge in [-0.1, -0.05) is 5.16 Å². The Hall–Kier alpha value is -2.77. The molecule has 8 nitrogen and oxygen atoms in total. The number of likely N-dealkylation sites (tertiary alicyclic amines) is 2. The quantitative estimate of drug-likeness (QED) is 0.806. The first-order valence-electron chi connectivity index (χ1n) is 9.72. The maximum Gasteiger partial charge on any atom is 0.292 e. The molecule has 2 aromatic heterocycles. The monoisotopic (exact) mass is 383 g/mol. The molecular weight excluding hydrogens is 358 g/mol. The van der Waals surface area contributed by atoms with Crippen LogP contribution in [0.15, 0.2) is 23.0 Å². The van der Waals surface area contributed by atoms with Crippen LogP contribution in [-0.4, -0.2) is 56.4 Å². The fourth-order valence-corrected chi connectivity index (χ4v) is 4.28. The molecule has 2 fully saturated rings. The third-order valence-electron chi connectivity index (χ3n) is 5.72. The van der Waals surface area contributed by atoms with E-state index in [9.17, 15) is 9.59 Å². The summed E-state index contributed by atoms with van der Waals surface area (Å²) in [6.45, 7) is 6.13. The average molecular weight is 383 g/mol. The van der Waals surface area contributed by atoms with Crippen molar-refractivity contribution in [2.75, 3.05) is 19.6 Å². The second-order valence-corrected chi connectivity index (χ2v) is 8.06. The number of amides is 2. The molecule has 2 saturated heterocycles. The number of hydrogen-bond acceptors (Lipinski definition) is 6. The Kier molecular flexibility index (Phi) is 4.87. The molecule has 28 heavy (non-hydrogen) atoms. The molecule has 2 aliphatic rings. The Morgan fingerprint density at radius 3 is 2.75 bits per heavy atom. The number of aromatic nitrogens is 3. The lowest BCUT2D eigenvalue weighted by molar-refractivity contribution is -0.139. The van der Waals surface area contributed by atoms with Crippen LogP contribution in [0.25, 0.3) is 0 Å². The lowest BCUT2D eigenvalue weighted by Gasteiger charge is -2.48. The molecule has 0 aliphatic carbocycles. The first-order valence-corrected chi connectivity index (χ1v) is 9.72. The fourth-order valence-electron chi connectivity index (χ4n) is 4.28. The topological polar surface area (TPSA) is 92.4 Å². The molecule has 148 valence electrons. The van der Waals surface area contributed by atoms with Crippen molar-refractivity contribution in [1.82, 2.24) is 24.9 Å². The van der Waals surface area contributed by atoms with Gasteiger partial charge < -0.3 is 14.3 Å². The van der Waals surface area contributed by atoms with E-state index in [-0.39, 0.29) is 23.0 Å². The van der Waals surface area contributed by atoms with Gasteiger partial charge in [-0.25, -0.2) is 0 Å². The van der Waals surface area contributed by atoms with E-state index in [2.05, 4.69) is 15.1 Å². The summed E-state index contributed by atoms with van der Waals surface area (Å²) in [6.07, 6.45) is 6.69. The van der Waals surface area contributed by atoms with Crippen LogP contribution < -0.4 is 0 Å². The van der Waals surface area contributed by atoms with E-state index in [1.165, 1.54) is 0 Å². The second kappa shape index (κ2) is 7.33. The van der Waals surface area contributed by atoms with Gasteiger partial charge in [-0.15, -0.1) is 0 Å². The molecule has 4 heterocycles. The fraction of sp³-hybridized carbons (Fsp3) is 0.550. The minimum Gasteiger partial charge on any atom is -0.351 e. The van der Waals surface area contributed by atoms with Crippen molar-refractivity contribution >= 4 is 11.8 Å². The third kappa shape index (κ3) is 3.76. The summed E-state index contributed by atoms with van der Waals surface area (Å²) < 4.78 is 5.16. The highest BCUT2D eigenvalue weighted by Crippen LogP contribution is 2.39. The van der Waals surface area contributed by atoms with Gasteiger partial charge in [0.2, 0.25) is 11.7 Å². The van der Waals surface area contributed by atoms with Crippen molar-refractivity contribution < 1.29 is 14.1 Å². The highest BCUT2D eigenvalue weighted by Gasteiger charge is 2.43. The van der Waals surface area contributed by atoms with E-state index in [0.29, 0.717) is 38.3 Å². The lowest BCUT2D eigenvalue weighted by atomic mass is 9.73. The number of carbonyl (C=O) groups is 2. The van der Waals surface area contributed by atoms with Crippen LogP contribution in [-0.2, 0) is 11.3 Å². The van der Waals surface area contributed by atoms with E-state index in [0.717, 1.165) is 30.7 Å². The minimum absolute atomic E-state index is 0.0744. The van der Waals surface area contributed by atoms with Gasteiger partial charge in [0, 0.05) is 43.7 Å². The maximum atomic E-state index is 12.8. The summed E-state index contributed by atoms with van der Waals surface area (Å²) in [6, 6.07) is 1.68. The van der Waals surface area contributed by atoms with Gasteiger partial charge in [-0.3, -0.25) is 19.6 Å². The standard InChI is InChI=1S/C20H25N5O3/c1-14-8-17(28-23-14)19(27)24-7-3-5-20(12-24)6-4-18(26)25(13-20)11-16-10-21-15(2)9-22-16/h8-10H,3-7,11-13H2,1-2H3/t20-/m1/s1. The van der Waals surface area contributed by atoms with Crippen LogP contribution in [0.4, 0.5) is 0 Å². The number of piperidine rings is 2. The molecule has 0 saturated carbocycles. The van der Waals surface area contributed by atoms with Crippen LogP contribution in [0.2, 0.25) is 0 Å². The molecule has 0 bridgehead atoms. The van der Waals surface area contributed by atoms with Crippen molar-refractivity contribution in [3.8, 4) is 0 Å². The molecule has 2 aromatic rings. The zero-order valence-electron chi connectivity index (χ0n) is 16.3. The Morgan fingerprint density at radius 1 is 1.18 bits per heavy atom. The molecule has 0 aromatic carbocycles. The molecule has 4 rings (SSSR count). The Balaban J connectivity index is 1.47. The van der Waals surface area contributed by atoms with E-state index in [4.69, 9.17) is 4.52 Å². The molecule has 0 radical (unpaired) electrons. The number of nitrogens with zero attached hydrogens (tertiary/aromatic N) is 5. The van der Waals surface area contributed by atoms with Gasteiger partial charge >= 0.3 is 0 Å². The zero-order valence-corrected chi connectivity index (χ0v) is 16.3. The number of rotatable bonds is 3. The van der Waals surface area contributed by atoms with Crippen molar-refractivity contribution in [2.45, 2.75) is 46.1 Å². The van der Waals surface area contributed by atoms with Crippen molar-refractivity contribution in [3.05, 3.63) is 41.3 Å². The first kappa shape index (κ1) is 18.6. The van der Waals surface area contributed by atoms with Gasteiger partial charge in [0.05, 0.1) is 29.8 Å². The summed E-state index contributed by atoms with van der Waals surface area (Å²) in [4.78, 5) is 37.7. The lowest BCUT2D eigenvalue weighted by Crippen LogP contribution is -2.54. The van der Waals surface area contributed by atoms with Crippen LogP contribution in [0.3, 0.4) is 0 Å². The predicted octanol–water partition coefficient (Wildman–Crippen LogP) is 2.13. The normalized spacial score (nSPS) is 22.7. The van der Waals surface area contributed by atoms with Crippen LogP contribution >= 0.6 is 0 Å². The van der Waals surface area contributed by atoms with Gasteiger partial charge in [0.25, 0.3) is 5.91 Å². The summed E-state index contributed by atoms with van der Waals surface area (Å²) in [7, 11) is 0. The Labute approximate surface area is 163 Å². The SMILES string of the molecule is Cc1cnc(CN2C[C@]3(CCCN(C(=O)c4cc(C)no4)C3)CCC2=O)cn1. The number of carbonyl (C=O) groups excluding carboxylic acids is 2. The van der Waals surface area contributed by atoms with Gasteiger partial charge in [0.15, 0.2) is 0 Å². The predicted molar refractivity (Wildman–Crippen MR) is 100 cm³/mol. The highest BCUT2D eigenvalue weighted by molar-refractivity contribution is 5.91. The number of aryl methyl sites for hydroxylation is 2. The molecule has 0 N–H and O–H groups in total. The zero-order chi connectivity index (χ0) is 19.7. The summed E-state index contributed by atoms with van der Waals surface area (Å²) >= 11 is 0. The molecule has 2 amide bonds. The van der Waals surface area contributed by atoms with E-state index < -0.39 is 0 Å². The summed E-state index contributed by atoms with van der Waals surface area (Å²) in [5.41, 5.74) is 2.27. The largest absolute Gasteiger partial charge is 0.351 e. The van der Waals surface area contributed by atoms with E-state index >= 15 is 0 Å². The van der Waals surface area contributed by atoms with Gasteiger partial charge in [0.1, 0.15) is 0 Å². The van der Waals surface area contributed by atoms with Gasteiger partial charge in [-0.2, -0.15) is 0 Å². The maximum absolute atomic E-state index is 12.8. The van der Waals surface area contributed by atoms with Crippen molar-refractivity contribution in [1.29, 1.82) is 0 Å².